The minimum atomic E-state index is -0.0982. The number of anilines is 1. The van der Waals surface area contributed by atoms with Gasteiger partial charge < -0.3 is 9.64 Å². The molecular formula is C25H22N2O3. The molecule has 1 saturated heterocycles. The Morgan fingerprint density at radius 1 is 1.07 bits per heavy atom. The van der Waals surface area contributed by atoms with Crippen molar-refractivity contribution >= 4 is 23.5 Å². The lowest BCUT2D eigenvalue weighted by atomic mass is 10.1. The molecule has 2 heterocycles. The molecule has 2 aromatic carbocycles. The first-order chi connectivity index (χ1) is 14.7. The van der Waals surface area contributed by atoms with Crippen LogP contribution >= 0.6 is 0 Å². The predicted molar refractivity (Wildman–Crippen MR) is 116 cm³/mol. The lowest BCUT2D eigenvalue weighted by Gasteiger charge is -2.16. The molecule has 0 aliphatic carbocycles. The molecule has 0 atom stereocenters. The molecule has 0 N–H and O–H groups in total. The zero-order valence-electron chi connectivity index (χ0n) is 16.5. The number of hydrogen-bond donors (Lipinski definition) is 0. The second-order valence-electron chi connectivity index (χ2n) is 7.08. The van der Waals surface area contributed by atoms with Crippen molar-refractivity contribution in [2.24, 2.45) is 0 Å². The molecule has 150 valence electrons. The average molecular weight is 398 g/mol. The van der Waals surface area contributed by atoms with Gasteiger partial charge in [0.15, 0.2) is 5.78 Å². The van der Waals surface area contributed by atoms with Crippen LogP contribution < -0.4 is 9.64 Å². The number of amides is 1. The van der Waals surface area contributed by atoms with Crippen LogP contribution in [0.5, 0.6) is 5.75 Å². The van der Waals surface area contributed by atoms with Crippen molar-refractivity contribution < 1.29 is 14.3 Å². The number of hydrogen-bond acceptors (Lipinski definition) is 4. The van der Waals surface area contributed by atoms with Crippen LogP contribution in [-0.4, -0.2) is 23.2 Å². The summed E-state index contributed by atoms with van der Waals surface area (Å²) in [5.74, 6) is 0.756. The number of nitrogens with zero attached hydrogens (tertiary/aromatic N) is 2. The molecule has 1 fully saturated rings. The molecule has 1 aliphatic heterocycles. The van der Waals surface area contributed by atoms with E-state index in [4.69, 9.17) is 4.74 Å². The van der Waals surface area contributed by atoms with Gasteiger partial charge in [0.2, 0.25) is 5.91 Å². The number of ether oxygens (including phenoxy) is 1. The molecule has 1 aromatic heterocycles. The summed E-state index contributed by atoms with van der Waals surface area (Å²) in [5, 5.41) is 0. The van der Waals surface area contributed by atoms with E-state index in [9.17, 15) is 9.59 Å². The summed E-state index contributed by atoms with van der Waals surface area (Å²) in [5.41, 5.74) is 3.12. The Balaban J connectivity index is 1.37. The SMILES string of the molecule is O=C(C=Cc1ccc(OCc2ccccn2)cc1)c1cccc(N2CCCC2=O)c1. The van der Waals surface area contributed by atoms with Crippen molar-refractivity contribution in [3.63, 3.8) is 0 Å². The number of benzene rings is 2. The van der Waals surface area contributed by atoms with Crippen LogP contribution in [0.3, 0.4) is 0 Å². The van der Waals surface area contributed by atoms with Gasteiger partial charge in [-0.05, 0) is 54.5 Å². The van der Waals surface area contributed by atoms with Crippen molar-refractivity contribution in [3.8, 4) is 5.75 Å². The smallest absolute Gasteiger partial charge is 0.227 e. The highest BCUT2D eigenvalue weighted by Crippen LogP contribution is 2.23. The molecular weight excluding hydrogens is 376 g/mol. The minimum absolute atomic E-state index is 0.0982. The molecule has 0 saturated carbocycles. The van der Waals surface area contributed by atoms with E-state index >= 15 is 0 Å². The third-order valence-electron chi connectivity index (χ3n) is 4.94. The van der Waals surface area contributed by atoms with Gasteiger partial charge in [0, 0.05) is 30.4 Å². The molecule has 30 heavy (non-hydrogen) atoms. The van der Waals surface area contributed by atoms with Crippen LogP contribution in [0.4, 0.5) is 5.69 Å². The summed E-state index contributed by atoms with van der Waals surface area (Å²) in [6.07, 6.45) is 6.49. The largest absolute Gasteiger partial charge is 0.487 e. The summed E-state index contributed by atoms with van der Waals surface area (Å²) in [4.78, 5) is 30.5. The third-order valence-corrected chi connectivity index (χ3v) is 4.94. The number of pyridine rings is 1. The van der Waals surface area contributed by atoms with Gasteiger partial charge in [0.05, 0.1) is 5.69 Å². The maximum Gasteiger partial charge on any atom is 0.227 e. The second kappa shape index (κ2) is 9.18. The van der Waals surface area contributed by atoms with Crippen LogP contribution in [0.2, 0.25) is 0 Å². The molecule has 1 amide bonds. The van der Waals surface area contributed by atoms with E-state index in [1.165, 1.54) is 0 Å². The molecule has 5 nitrogen and oxygen atoms in total. The molecule has 0 spiro atoms. The Kier molecular flexibility index (Phi) is 5.99. The van der Waals surface area contributed by atoms with Gasteiger partial charge in [0.1, 0.15) is 12.4 Å². The molecule has 1 aliphatic rings. The van der Waals surface area contributed by atoms with E-state index < -0.39 is 0 Å². The van der Waals surface area contributed by atoms with Gasteiger partial charge in [-0.1, -0.05) is 36.4 Å². The highest BCUT2D eigenvalue weighted by Gasteiger charge is 2.22. The lowest BCUT2D eigenvalue weighted by molar-refractivity contribution is -0.117. The van der Waals surface area contributed by atoms with Gasteiger partial charge in [-0.3, -0.25) is 14.6 Å². The van der Waals surface area contributed by atoms with Crippen molar-refractivity contribution in [3.05, 3.63) is 95.8 Å². The fourth-order valence-electron chi connectivity index (χ4n) is 3.33. The van der Waals surface area contributed by atoms with Gasteiger partial charge in [-0.15, -0.1) is 0 Å². The number of ketones is 1. The quantitative estimate of drug-likeness (QED) is 0.428. The predicted octanol–water partition coefficient (Wildman–Crippen LogP) is 4.68. The van der Waals surface area contributed by atoms with Crippen LogP contribution in [0.15, 0.2) is 79.0 Å². The Morgan fingerprint density at radius 2 is 1.93 bits per heavy atom. The van der Waals surface area contributed by atoms with E-state index in [0.29, 0.717) is 25.1 Å². The number of carbonyl (C=O) groups excluding carboxylic acids is 2. The topological polar surface area (TPSA) is 59.5 Å². The first kappa shape index (κ1) is 19.6. The molecule has 3 aromatic rings. The fourth-order valence-corrected chi connectivity index (χ4v) is 3.33. The summed E-state index contributed by atoms with van der Waals surface area (Å²) in [6.45, 7) is 1.12. The average Bonchev–Trinajstić information content (AvgIpc) is 3.23. The normalized spacial score (nSPS) is 13.7. The van der Waals surface area contributed by atoms with Gasteiger partial charge >= 0.3 is 0 Å². The van der Waals surface area contributed by atoms with Crippen molar-refractivity contribution in [1.29, 1.82) is 0 Å². The molecule has 0 bridgehead atoms. The maximum absolute atomic E-state index is 12.6. The molecule has 4 rings (SSSR count). The summed E-state index contributed by atoms with van der Waals surface area (Å²) in [7, 11) is 0. The summed E-state index contributed by atoms with van der Waals surface area (Å²) >= 11 is 0. The highest BCUT2D eigenvalue weighted by atomic mass is 16.5. The number of aromatic nitrogens is 1. The first-order valence-electron chi connectivity index (χ1n) is 9.95. The van der Waals surface area contributed by atoms with Crippen LogP contribution in [0.1, 0.15) is 34.5 Å². The zero-order valence-corrected chi connectivity index (χ0v) is 16.5. The Morgan fingerprint density at radius 3 is 2.67 bits per heavy atom. The lowest BCUT2D eigenvalue weighted by Crippen LogP contribution is -2.23. The van der Waals surface area contributed by atoms with Gasteiger partial charge in [0.25, 0.3) is 0 Å². The van der Waals surface area contributed by atoms with Gasteiger partial charge in [-0.2, -0.15) is 0 Å². The third kappa shape index (κ3) is 4.81. The van der Waals surface area contributed by atoms with Crippen molar-refractivity contribution in [1.82, 2.24) is 4.98 Å². The standard InChI is InChI=1S/C25H22N2O3/c28-24(20-5-3-7-22(17-20)27-16-4-8-25(27)29)14-11-19-9-12-23(13-10-19)30-18-21-6-1-2-15-26-21/h1-3,5-7,9-15,17H,4,8,16,18H2. The number of rotatable bonds is 7. The van der Waals surface area contributed by atoms with E-state index in [0.717, 1.165) is 29.1 Å². The Labute approximate surface area is 175 Å². The van der Waals surface area contributed by atoms with E-state index in [1.54, 1.807) is 35.4 Å². The van der Waals surface area contributed by atoms with Crippen molar-refractivity contribution in [2.75, 3.05) is 11.4 Å². The van der Waals surface area contributed by atoms with E-state index in [1.807, 2.05) is 54.6 Å². The monoisotopic (exact) mass is 398 g/mol. The van der Waals surface area contributed by atoms with Crippen LogP contribution in [0, 0.1) is 0 Å². The highest BCUT2D eigenvalue weighted by molar-refractivity contribution is 6.08. The summed E-state index contributed by atoms with van der Waals surface area (Å²) < 4.78 is 5.73. The van der Waals surface area contributed by atoms with E-state index in [2.05, 4.69) is 4.98 Å². The second-order valence-corrected chi connectivity index (χ2v) is 7.08. The van der Waals surface area contributed by atoms with Crippen LogP contribution in [0.25, 0.3) is 6.08 Å². The molecule has 5 heteroatoms. The number of allylic oxidation sites excluding steroid dienone is 1. The van der Waals surface area contributed by atoms with Gasteiger partial charge in [-0.25, -0.2) is 0 Å². The summed E-state index contributed by atoms with van der Waals surface area (Å²) in [6, 6.07) is 20.5. The first-order valence-corrected chi connectivity index (χ1v) is 9.95. The Bertz CT molecular complexity index is 1060. The maximum atomic E-state index is 12.6. The zero-order chi connectivity index (χ0) is 20.8. The molecule has 0 unspecified atom stereocenters. The van der Waals surface area contributed by atoms with Crippen LogP contribution in [-0.2, 0) is 11.4 Å². The minimum Gasteiger partial charge on any atom is -0.487 e. The Hall–Kier alpha value is -3.73. The van der Waals surface area contributed by atoms with Crippen molar-refractivity contribution in [2.45, 2.75) is 19.4 Å². The molecule has 0 radical (unpaired) electrons. The number of carbonyl (C=O) groups is 2. The van der Waals surface area contributed by atoms with E-state index in [-0.39, 0.29) is 11.7 Å². The fraction of sp³-hybridized carbons (Fsp3) is 0.160.